The molecule has 1 aromatic heterocycles. The number of methoxy groups -OCH3 is 1. The van der Waals surface area contributed by atoms with Gasteiger partial charge in [-0.15, -0.1) is 23.1 Å². The van der Waals surface area contributed by atoms with Crippen LogP contribution in [-0.4, -0.2) is 42.1 Å². The number of nitrogens with zero attached hydrogens (tertiary/aromatic N) is 2. The predicted octanol–water partition coefficient (Wildman–Crippen LogP) is 1.86. The second kappa shape index (κ2) is 9.07. The van der Waals surface area contributed by atoms with Gasteiger partial charge in [0.25, 0.3) is 0 Å². The summed E-state index contributed by atoms with van der Waals surface area (Å²) in [5.41, 5.74) is 6.59. The second-order valence-electron chi connectivity index (χ2n) is 6.20. The lowest BCUT2D eigenvalue weighted by Crippen LogP contribution is -2.28. The number of hydrogen-bond acceptors (Lipinski definition) is 7. The van der Waals surface area contributed by atoms with Crippen molar-refractivity contribution < 1.29 is 19.1 Å². The highest BCUT2D eigenvalue weighted by molar-refractivity contribution is 7.99. The first-order chi connectivity index (χ1) is 13.5. The van der Waals surface area contributed by atoms with Crippen LogP contribution in [0.3, 0.4) is 0 Å². The van der Waals surface area contributed by atoms with Crippen molar-refractivity contribution >= 4 is 51.6 Å². The predicted molar refractivity (Wildman–Crippen MR) is 110 cm³/mol. The summed E-state index contributed by atoms with van der Waals surface area (Å²) in [5.74, 6) is 0.267. The molecule has 3 N–H and O–H groups in total. The quantitative estimate of drug-likeness (QED) is 0.674. The van der Waals surface area contributed by atoms with Crippen LogP contribution >= 0.6 is 23.1 Å². The first kappa shape index (κ1) is 20.2. The number of aromatic nitrogens is 1. The maximum absolute atomic E-state index is 12.6. The maximum atomic E-state index is 12.6. The zero-order valence-electron chi connectivity index (χ0n) is 15.2. The molecule has 2 aromatic rings. The number of rotatable bonds is 8. The van der Waals surface area contributed by atoms with Gasteiger partial charge in [0.05, 0.1) is 24.5 Å². The zero-order chi connectivity index (χ0) is 20.1. The van der Waals surface area contributed by atoms with Gasteiger partial charge in [-0.1, -0.05) is 6.07 Å². The van der Waals surface area contributed by atoms with Crippen LogP contribution in [0.1, 0.15) is 12.1 Å². The monoisotopic (exact) mass is 420 g/mol. The van der Waals surface area contributed by atoms with E-state index in [0.29, 0.717) is 28.9 Å². The van der Waals surface area contributed by atoms with E-state index in [-0.39, 0.29) is 29.9 Å². The number of nitrogens with two attached hydrogens (primary N) is 1. The van der Waals surface area contributed by atoms with Gasteiger partial charge in [-0.2, -0.15) is 0 Å². The molecule has 0 spiro atoms. The fourth-order valence-corrected chi connectivity index (χ4v) is 4.28. The highest BCUT2D eigenvalue weighted by Gasteiger charge is 2.35. The van der Waals surface area contributed by atoms with Gasteiger partial charge in [-0.3, -0.25) is 14.4 Å². The summed E-state index contributed by atoms with van der Waals surface area (Å²) in [6, 6.07) is 7.20. The first-order valence-corrected chi connectivity index (χ1v) is 10.6. The van der Waals surface area contributed by atoms with E-state index in [1.54, 1.807) is 24.1 Å². The third kappa shape index (κ3) is 5.02. The van der Waals surface area contributed by atoms with Crippen molar-refractivity contribution in [3.8, 4) is 5.75 Å². The largest absolute Gasteiger partial charge is 0.497 e. The molecule has 1 fully saturated rings. The summed E-state index contributed by atoms with van der Waals surface area (Å²) < 4.78 is 5.19. The Kier molecular flexibility index (Phi) is 6.53. The van der Waals surface area contributed by atoms with Crippen LogP contribution < -0.4 is 20.7 Å². The molecule has 1 unspecified atom stereocenters. The normalized spacial score (nSPS) is 16.2. The molecule has 8 nitrogen and oxygen atoms in total. The first-order valence-electron chi connectivity index (χ1n) is 8.52. The number of thiazole rings is 1. The Morgan fingerprint density at radius 3 is 3.04 bits per heavy atom. The summed E-state index contributed by atoms with van der Waals surface area (Å²) in [6.07, 6.45) is 0.149. The Morgan fingerprint density at radius 2 is 2.29 bits per heavy atom. The third-order valence-corrected chi connectivity index (χ3v) is 5.93. The van der Waals surface area contributed by atoms with E-state index in [1.807, 2.05) is 17.5 Å². The van der Waals surface area contributed by atoms with Crippen molar-refractivity contribution in [3.05, 3.63) is 35.3 Å². The molecule has 1 aliphatic heterocycles. The molecule has 3 amide bonds. The van der Waals surface area contributed by atoms with Gasteiger partial charge in [0.15, 0.2) is 5.13 Å². The smallest absolute Gasteiger partial charge is 0.231 e. The SMILES string of the molecule is COc1cccc(N2CC(C(=O)Nc3nc(CSCC(N)=O)cs3)CC2=O)c1. The van der Waals surface area contributed by atoms with E-state index in [4.69, 9.17) is 10.5 Å². The molecule has 3 rings (SSSR count). The van der Waals surface area contributed by atoms with Gasteiger partial charge < -0.3 is 20.7 Å². The van der Waals surface area contributed by atoms with E-state index in [2.05, 4.69) is 10.3 Å². The number of hydrogen-bond donors (Lipinski definition) is 2. The van der Waals surface area contributed by atoms with Gasteiger partial charge in [-0.25, -0.2) is 4.98 Å². The summed E-state index contributed by atoms with van der Waals surface area (Å²) in [4.78, 5) is 41.6. The molecule has 28 heavy (non-hydrogen) atoms. The lowest BCUT2D eigenvalue weighted by atomic mass is 10.1. The minimum absolute atomic E-state index is 0.101. The fraction of sp³-hybridized carbons (Fsp3) is 0.333. The molecule has 0 bridgehead atoms. The average molecular weight is 421 g/mol. The Labute approximate surface area is 170 Å². The average Bonchev–Trinajstić information content (AvgIpc) is 3.28. The topological polar surface area (TPSA) is 115 Å². The minimum Gasteiger partial charge on any atom is -0.497 e. The molecular weight excluding hydrogens is 400 g/mol. The van der Waals surface area contributed by atoms with Crippen molar-refractivity contribution in [2.24, 2.45) is 11.7 Å². The van der Waals surface area contributed by atoms with Gasteiger partial charge in [-0.05, 0) is 12.1 Å². The van der Waals surface area contributed by atoms with Crippen LogP contribution in [-0.2, 0) is 20.1 Å². The van der Waals surface area contributed by atoms with Gasteiger partial charge in [0, 0.05) is 35.9 Å². The Bertz CT molecular complexity index is 886. The molecule has 148 valence electrons. The van der Waals surface area contributed by atoms with Crippen molar-refractivity contribution in [3.63, 3.8) is 0 Å². The van der Waals surface area contributed by atoms with Crippen molar-refractivity contribution in [2.45, 2.75) is 12.2 Å². The number of benzene rings is 1. The highest BCUT2D eigenvalue weighted by atomic mass is 32.2. The molecular formula is C18H20N4O4S2. The van der Waals surface area contributed by atoms with Gasteiger partial charge in [0.2, 0.25) is 17.7 Å². The fourth-order valence-electron chi connectivity index (χ4n) is 2.81. The number of thioether (sulfide) groups is 1. The zero-order valence-corrected chi connectivity index (χ0v) is 16.8. The number of primary amides is 1. The van der Waals surface area contributed by atoms with Crippen molar-refractivity contribution in [2.75, 3.05) is 29.6 Å². The van der Waals surface area contributed by atoms with E-state index in [9.17, 15) is 14.4 Å². The molecule has 1 aromatic carbocycles. The second-order valence-corrected chi connectivity index (χ2v) is 8.04. The number of carbonyl (C=O) groups excluding carboxylic acids is 3. The van der Waals surface area contributed by atoms with Crippen LogP contribution in [0.2, 0.25) is 0 Å². The summed E-state index contributed by atoms with van der Waals surface area (Å²) in [6.45, 7) is 0.310. The Morgan fingerprint density at radius 1 is 1.46 bits per heavy atom. The van der Waals surface area contributed by atoms with Gasteiger partial charge in [0.1, 0.15) is 5.75 Å². The van der Waals surface area contributed by atoms with Crippen LogP contribution in [0.4, 0.5) is 10.8 Å². The summed E-state index contributed by atoms with van der Waals surface area (Å²) in [5, 5.41) is 5.09. The molecule has 1 atom stereocenters. The molecule has 0 saturated carbocycles. The third-order valence-electron chi connectivity index (χ3n) is 4.14. The maximum Gasteiger partial charge on any atom is 0.231 e. The lowest BCUT2D eigenvalue weighted by Gasteiger charge is -2.17. The van der Waals surface area contributed by atoms with Crippen molar-refractivity contribution in [1.29, 1.82) is 0 Å². The molecule has 0 aliphatic carbocycles. The van der Waals surface area contributed by atoms with Crippen LogP contribution in [0.15, 0.2) is 29.6 Å². The number of ether oxygens (including phenoxy) is 1. The Hall–Kier alpha value is -2.59. The number of anilines is 2. The number of amides is 3. The molecule has 1 aliphatic rings. The lowest BCUT2D eigenvalue weighted by molar-refractivity contribution is -0.122. The summed E-state index contributed by atoms with van der Waals surface area (Å²) in [7, 11) is 1.57. The standard InChI is InChI=1S/C18H20N4O4S2/c1-26-14-4-2-3-13(6-14)22-7-11(5-16(22)24)17(25)21-18-20-12(9-28-18)8-27-10-15(19)23/h2-4,6,9,11H,5,7-8,10H2,1H3,(H2,19,23)(H,20,21,25). The summed E-state index contributed by atoms with van der Waals surface area (Å²) >= 11 is 2.68. The minimum atomic E-state index is -0.449. The number of nitrogens with one attached hydrogen (secondary N) is 1. The van der Waals surface area contributed by atoms with E-state index in [1.165, 1.54) is 23.1 Å². The highest BCUT2D eigenvalue weighted by Crippen LogP contribution is 2.29. The van der Waals surface area contributed by atoms with Gasteiger partial charge >= 0.3 is 0 Å². The number of carbonyl (C=O) groups is 3. The van der Waals surface area contributed by atoms with Crippen molar-refractivity contribution in [1.82, 2.24) is 4.98 Å². The van der Waals surface area contributed by atoms with Crippen LogP contribution in [0.5, 0.6) is 5.75 Å². The van der Waals surface area contributed by atoms with E-state index < -0.39 is 5.92 Å². The molecule has 2 heterocycles. The van der Waals surface area contributed by atoms with Crippen LogP contribution in [0.25, 0.3) is 0 Å². The molecule has 1 saturated heterocycles. The molecule has 0 radical (unpaired) electrons. The van der Waals surface area contributed by atoms with Crippen LogP contribution in [0, 0.1) is 5.92 Å². The van der Waals surface area contributed by atoms with E-state index >= 15 is 0 Å². The Balaban J connectivity index is 1.57. The van der Waals surface area contributed by atoms with E-state index in [0.717, 1.165) is 5.69 Å². The molecule has 10 heteroatoms.